The van der Waals surface area contributed by atoms with Crippen LogP contribution >= 0.6 is 0 Å². The minimum absolute atomic E-state index is 0.123. The molecule has 1 saturated heterocycles. The smallest absolute Gasteiger partial charge is 0.185 e. The highest BCUT2D eigenvalue weighted by molar-refractivity contribution is 6.02. The van der Waals surface area contributed by atoms with Gasteiger partial charge in [0.15, 0.2) is 5.78 Å². The molecular formula is C15H20FNO. The number of ketones is 1. The van der Waals surface area contributed by atoms with Crippen LogP contribution in [0.15, 0.2) is 24.3 Å². The van der Waals surface area contributed by atoms with Gasteiger partial charge in [-0.15, -0.1) is 0 Å². The maximum absolute atomic E-state index is 13.7. The second-order valence-electron chi connectivity index (χ2n) is 5.42. The van der Waals surface area contributed by atoms with Crippen LogP contribution in [0, 0.1) is 5.82 Å². The van der Waals surface area contributed by atoms with Crippen molar-refractivity contribution in [2.75, 3.05) is 13.1 Å². The number of hydrogen-bond donors (Lipinski definition) is 0. The molecule has 0 aromatic heterocycles. The third-order valence-electron chi connectivity index (χ3n) is 3.82. The molecule has 2 rings (SSSR count). The van der Waals surface area contributed by atoms with Gasteiger partial charge in [-0.05, 0) is 51.9 Å². The van der Waals surface area contributed by atoms with E-state index in [-0.39, 0.29) is 11.3 Å². The van der Waals surface area contributed by atoms with E-state index in [1.807, 2.05) is 13.8 Å². The molecular weight excluding hydrogens is 229 g/mol. The predicted octanol–water partition coefficient (Wildman–Crippen LogP) is 3.27. The van der Waals surface area contributed by atoms with Gasteiger partial charge in [0.25, 0.3) is 0 Å². The Kier molecular flexibility index (Phi) is 3.81. The lowest BCUT2D eigenvalue weighted by Crippen LogP contribution is -2.52. The third kappa shape index (κ3) is 2.46. The lowest BCUT2D eigenvalue weighted by Gasteiger charge is -2.39. The summed E-state index contributed by atoms with van der Waals surface area (Å²) in [4.78, 5) is 14.7. The molecule has 0 saturated carbocycles. The molecule has 18 heavy (non-hydrogen) atoms. The summed E-state index contributed by atoms with van der Waals surface area (Å²) in [5.74, 6) is -0.546. The SMILES string of the molecule is CC(C)(C(=O)c1ccccc1F)N1CCCCC1. The average molecular weight is 249 g/mol. The van der Waals surface area contributed by atoms with Crippen molar-refractivity contribution in [3.05, 3.63) is 35.6 Å². The Balaban J connectivity index is 2.24. The molecule has 0 bridgehead atoms. The van der Waals surface area contributed by atoms with E-state index < -0.39 is 11.4 Å². The first-order valence-electron chi connectivity index (χ1n) is 6.58. The largest absolute Gasteiger partial charge is 0.292 e. The Morgan fingerprint density at radius 3 is 2.39 bits per heavy atom. The lowest BCUT2D eigenvalue weighted by molar-refractivity contribution is 0.0575. The van der Waals surface area contributed by atoms with Crippen LogP contribution in [0.4, 0.5) is 4.39 Å². The summed E-state index contributed by atoms with van der Waals surface area (Å²) >= 11 is 0. The molecule has 1 aromatic rings. The van der Waals surface area contributed by atoms with Crippen molar-refractivity contribution in [2.45, 2.75) is 38.6 Å². The summed E-state index contributed by atoms with van der Waals surface area (Å²) < 4.78 is 13.7. The molecule has 0 unspecified atom stereocenters. The normalized spacial score (nSPS) is 17.7. The summed E-state index contributed by atoms with van der Waals surface area (Å²) in [5.41, 5.74) is -0.420. The van der Waals surface area contributed by atoms with Crippen molar-refractivity contribution in [1.29, 1.82) is 0 Å². The first-order chi connectivity index (χ1) is 8.53. The molecule has 0 spiro atoms. The van der Waals surface area contributed by atoms with Crippen molar-refractivity contribution in [3.8, 4) is 0 Å². The molecule has 1 heterocycles. The Bertz CT molecular complexity index is 436. The number of piperidine rings is 1. The Morgan fingerprint density at radius 2 is 1.78 bits per heavy atom. The lowest BCUT2D eigenvalue weighted by atomic mass is 9.89. The van der Waals surface area contributed by atoms with Crippen molar-refractivity contribution in [3.63, 3.8) is 0 Å². The number of carbonyl (C=O) groups is 1. The van der Waals surface area contributed by atoms with E-state index in [0.717, 1.165) is 25.9 Å². The van der Waals surface area contributed by atoms with Crippen molar-refractivity contribution >= 4 is 5.78 Å². The molecule has 1 aliphatic rings. The highest BCUT2D eigenvalue weighted by Crippen LogP contribution is 2.25. The summed E-state index contributed by atoms with van der Waals surface area (Å²) in [6.45, 7) is 5.64. The second-order valence-corrected chi connectivity index (χ2v) is 5.42. The minimum Gasteiger partial charge on any atom is -0.292 e. The van der Waals surface area contributed by atoms with Gasteiger partial charge in [0.2, 0.25) is 0 Å². The Morgan fingerprint density at radius 1 is 1.17 bits per heavy atom. The fourth-order valence-corrected chi connectivity index (χ4v) is 2.57. The highest BCUT2D eigenvalue weighted by Gasteiger charge is 2.36. The van der Waals surface area contributed by atoms with Gasteiger partial charge in [-0.1, -0.05) is 18.6 Å². The zero-order chi connectivity index (χ0) is 13.2. The van der Waals surface area contributed by atoms with Gasteiger partial charge in [0.05, 0.1) is 11.1 Å². The molecule has 2 nitrogen and oxygen atoms in total. The van der Waals surface area contributed by atoms with Crippen LogP contribution in [0.2, 0.25) is 0 Å². The third-order valence-corrected chi connectivity index (χ3v) is 3.82. The van der Waals surface area contributed by atoms with Crippen LogP contribution in [0.25, 0.3) is 0 Å². The summed E-state index contributed by atoms with van der Waals surface area (Å²) in [6.07, 6.45) is 3.46. The topological polar surface area (TPSA) is 20.3 Å². The molecule has 1 aromatic carbocycles. The zero-order valence-electron chi connectivity index (χ0n) is 11.1. The standard InChI is InChI=1S/C15H20FNO/c1-15(2,17-10-6-3-7-11-17)14(18)12-8-4-5-9-13(12)16/h4-5,8-9H,3,6-7,10-11H2,1-2H3. The first kappa shape index (κ1) is 13.2. The van der Waals surface area contributed by atoms with Crippen LogP contribution in [-0.2, 0) is 0 Å². The summed E-state index contributed by atoms with van der Waals surface area (Å²) in [7, 11) is 0. The number of rotatable bonds is 3. The maximum atomic E-state index is 13.7. The van der Waals surface area contributed by atoms with Crippen molar-refractivity contribution in [2.24, 2.45) is 0 Å². The Hall–Kier alpha value is -1.22. The second kappa shape index (κ2) is 5.19. The van der Waals surface area contributed by atoms with Gasteiger partial charge in [0, 0.05) is 0 Å². The molecule has 98 valence electrons. The van der Waals surface area contributed by atoms with E-state index >= 15 is 0 Å². The van der Waals surface area contributed by atoms with Gasteiger partial charge >= 0.3 is 0 Å². The molecule has 1 aliphatic heterocycles. The van der Waals surface area contributed by atoms with E-state index in [9.17, 15) is 9.18 Å². The summed E-state index contributed by atoms with van der Waals surface area (Å²) in [6, 6.07) is 6.24. The van der Waals surface area contributed by atoms with E-state index in [4.69, 9.17) is 0 Å². The van der Waals surface area contributed by atoms with Crippen LogP contribution in [0.5, 0.6) is 0 Å². The number of carbonyl (C=O) groups excluding carboxylic acids is 1. The predicted molar refractivity (Wildman–Crippen MR) is 70.2 cm³/mol. The van der Waals surface area contributed by atoms with E-state index in [1.165, 1.54) is 12.5 Å². The minimum atomic E-state index is -0.622. The van der Waals surface area contributed by atoms with Crippen molar-refractivity contribution in [1.82, 2.24) is 4.90 Å². The number of hydrogen-bond acceptors (Lipinski definition) is 2. The fraction of sp³-hybridized carbons (Fsp3) is 0.533. The summed E-state index contributed by atoms with van der Waals surface area (Å²) in [5, 5.41) is 0. The van der Waals surface area contributed by atoms with Crippen LogP contribution in [-0.4, -0.2) is 29.3 Å². The molecule has 3 heteroatoms. The molecule has 1 fully saturated rings. The van der Waals surface area contributed by atoms with Gasteiger partial charge < -0.3 is 0 Å². The number of halogens is 1. The molecule has 0 aliphatic carbocycles. The fourth-order valence-electron chi connectivity index (χ4n) is 2.57. The van der Waals surface area contributed by atoms with Gasteiger partial charge in [-0.3, -0.25) is 9.69 Å². The zero-order valence-corrected chi connectivity index (χ0v) is 11.1. The van der Waals surface area contributed by atoms with E-state index in [2.05, 4.69) is 4.90 Å². The van der Waals surface area contributed by atoms with Gasteiger partial charge in [0.1, 0.15) is 5.82 Å². The monoisotopic (exact) mass is 249 g/mol. The number of Topliss-reactive ketones (excluding diaryl/α,β-unsaturated/α-hetero) is 1. The molecule has 0 N–H and O–H groups in total. The quantitative estimate of drug-likeness (QED) is 0.766. The molecule has 0 radical (unpaired) electrons. The first-order valence-corrected chi connectivity index (χ1v) is 6.58. The van der Waals surface area contributed by atoms with Crippen LogP contribution in [0.1, 0.15) is 43.5 Å². The van der Waals surface area contributed by atoms with E-state index in [1.54, 1.807) is 18.2 Å². The van der Waals surface area contributed by atoms with Gasteiger partial charge in [-0.25, -0.2) is 4.39 Å². The maximum Gasteiger partial charge on any atom is 0.185 e. The van der Waals surface area contributed by atoms with Gasteiger partial charge in [-0.2, -0.15) is 0 Å². The van der Waals surface area contributed by atoms with E-state index in [0.29, 0.717) is 0 Å². The number of likely N-dealkylation sites (tertiary alicyclic amines) is 1. The molecule has 0 atom stereocenters. The van der Waals surface area contributed by atoms with Crippen LogP contribution in [0.3, 0.4) is 0 Å². The highest BCUT2D eigenvalue weighted by atomic mass is 19.1. The molecule has 0 amide bonds. The Labute approximate surface area is 108 Å². The number of nitrogens with zero attached hydrogens (tertiary/aromatic N) is 1. The van der Waals surface area contributed by atoms with Crippen LogP contribution < -0.4 is 0 Å². The average Bonchev–Trinajstić information content (AvgIpc) is 2.39. The number of benzene rings is 1. The van der Waals surface area contributed by atoms with Crippen molar-refractivity contribution < 1.29 is 9.18 Å².